The summed E-state index contributed by atoms with van der Waals surface area (Å²) >= 11 is 0. The number of carboxylic acids is 2. The summed E-state index contributed by atoms with van der Waals surface area (Å²) in [5.41, 5.74) is 0. The number of hydrogen-bond acceptors (Lipinski definition) is 8. The van der Waals surface area contributed by atoms with Gasteiger partial charge in [0.05, 0.1) is 24.0 Å². The van der Waals surface area contributed by atoms with Crippen LogP contribution in [-0.4, -0.2) is 63.3 Å². The number of hydrogen-bond donors (Lipinski definition) is 4. The minimum absolute atomic E-state index is 0. The molecule has 19 heavy (non-hydrogen) atoms. The number of piperazine rings is 2. The molecule has 0 amide bonds. The molecule has 0 spiro atoms. The van der Waals surface area contributed by atoms with Gasteiger partial charge in [0, 0.05) is 39.3 Å². The molecule has 4 N–H and O–H groups in total. The molecule has 0 aromatic rings. The molecule has 113 valence electrons. The summed E-state index contributed by atoms with van der Waals surface area (Å²) in [6, 6.07) is -1.00. The van der Waals surface area contributed by atoms with Crippen LogP contribution < -0.4 is 31.5 Å². The third-order valence-corrected chi connectivity index (χ3v) is 2.65. The van der Waals surface area contributed by atoms with Crippen LogP contribution in [0.4, 0.5) is 0 Å². The van der Waals surface area contributed by atoms with Crippen LogP contribution in [0.25, 0.3) is 0 Å². The molecule has 0 aromatic heterocycles. The SMILES string of the molecule is O=C([O-])[C@@H]1CNCCN1.O=C([O-])[C@@H]1CNCCN1.[Cu+2]. The zero-order chi connectivity index (χ0) is 13.4. The second-order valence-electron chi connectivity index (χ2n) is 4.06. The Morgan fingerprint density at radius 2 is 1.16 bits per heavy atom. The van der Waals surface area contributed by atoms with E-state index in [-0.39, 0.29) is 17.1 Å². The van der Waals surface area contributed by atoms with E-state index in [1.54, 1.807) is 0 Å². The second kappa shape index (κ2) is 10.1. The molecule has 2 aliphatic rings. The molecule has 8 nitrogen and oxygen atoms in total. The average molecular weight is 322 g/mol. The van der Waals surface area contributed by atoms with E-state index in [0.717, 1.165) is 13.1 Å². The summed E-state index contributed by atoms with van der Waals surface area (Å²) < 4.78 is 0. The standard InChI is InChI=1S/2C5H10N2O2.Cu/c2*8-5(9)4-3-6-1-2-7-4;/h2*4,6-7H,1-3H2,(H,8,9);/q;;+2/p-2/t2*4-;/m00./s1. The number of nitrogens with one attached hydrogen (secondary N) is 4. The van der Waals surface area contributed by atoms with Gasteiger partial charge in [-0.25, -0.2) is 0 Å². The Labute approximate surface area is 122 Å². The largest absolute Gasteiger partial charge is 2.00 e. The number of aliphatic carboxylic acids is 2. The molecule has 0 aliphatic carbocycles. The number of rotatable bonds is 2. The van der Waals surface area contributed by atoms with Crippen molar-refractivity contribution in [3.63, 3.8) is 0 Å². The van der Waals surface area contributed by atoms with Gasteiger partial charge in [0.25, 0.3) is 0 Å². The molecule has 2 heterocycles. The van der Waals surface area contributed by atoms with Crippen LogP contribution in [0.2, 0.25) is 0 Å². The van der Waals surface area contributed by atoms with Gasteiger partial charge in [-0.3, -0.25) is 0 Å². The van der Waals surface area contributed by atoms with Crippen molar-refractivity contribution in [2.75, 3.05) is 39.3 Å². The molecule has 0 bridgehead atoms. The third kappa shape index (κ3) is 7.46. The predicted octanol–water partition coefficient (Wildman–Crippen LogP) is -5.41. The van der Waals surface area contributed by atoms with E-state index in [9.17, 15) is 19.8 Å². The zero-order valence-corrected chi connectivity index (χ0v) is 11.3. The maximum Gasteiger partial charge on any atom is 2.00 e. The van der Waals surface area contributed by atoms with Crippen molar-refractivity contribution in [1.82, 2.24) is 21.3 Å². The summed E-state index contributed by atoms with van der Waals surface area (Å²) in [6.07, 6.45) is 0. The van der Waals surface area contributed by atoms with Crippen molar-refractivity contribution in [3.8, 4) is 0 Å². The first-order valence-electron chi connectivity index (χ1n) is 5.91. The summed E-state index contributed by atoms with van der Waals surface area (Å²) in [7, 11) is 0. The van der Waals surface area contributed by atoms with E-state index >= 15 is 0 Å². The zero-order valence-electron chi connectivity index (χ0n) is 10.3. The van der Waals surface area contributed by atoms with Gasteiger partial charge in [-0.1, -0.05) is 0 Å². The van der Waals surface area contributed by atoms with Gasteiger partial charge >= 0.3 is 17.1 Å². The van der Waals surface area contributed by atoms with Crippen LogP contribution in [0.1, 0.15) is 0 Å². The van der Waals surface area contributed by atoms with Crippen molar-refractivity contribution < 1.29 is 36.9 Å². The smallest absolute Gasteiger partial charge is 0.548 e. The predicted molar refractivity (Wildman–Crippen MR) is 59.3 cm³/mol. The van der Waals surface area contributed by atoms with Crippen LogP contribution >= 0.6 is 0 Å². The molecule has 2 aliphatic heterocycles. The van der Waals surface area contributed by atoms with E-state index in [4.69, 9.17) is 0 Å². The molecule has 0 aromatic carbocycles. The van der Waals surface area contributed by atoms with Gasteiger partial charge in [0.2, 0.25) is 0 Å². The minimum atomic E-state index is -1.03. The number of carbonyl (C=O) groups is 2. The van der Waals surface area contributed by atoms with E-state index < -0.39 is 24.0 Å². The number of carbonyl (C=O) groups excluding carboxylic acids is 2. The van der Waals surface area contributed by atoms with Gasteiger partial charge in [-0.2, -0.15) is 0 Å². The Morgan fingerprint density at radius 1 is 0.789 bits per heavy atom. The molecule has 2 atom stereocenters. The molecular weight excluding hydrogens is 304 g/mol. The first kappa shape index (κ1) is 18.3. The fourth-order valence-corrected chi connectivity index (χ4v) is 1.64. The van der Waals surface area contributed by atoms with Crippen LogP contribution in [0.5, 0.6) is 0 Å². The third-order valence-electron chi connectivity index (χ3n) is 2.65. The maximum atomic E-state index is 10.1. The van der Waals surface area contributed by atoms with Gasteiger partial charge in [-0.15, -0.1) is 0 Å². The molecule has 9 heteroatoms. The van der Waals surface area contributed by atoms with Crippen molar-refractivity contribution in [3.05, 3.63) is 0 Å². The quantitative estimate of drug-likeness (QED) is 0.371. The molecular formula is C10H18CuN4O4. The van der Waals surface area contributed by atoms with Crippen molar-refractivity contribution in [1.29, 1.82) is 0 Å². The second-order valence-corrected chi connectivity index (χ2v) is 4.06. The Balaban J connectivity index is 0.000000324. The Hall–Kier alpha value is -0.701. The van der Waals surface area contributed by atoms with Gasteiger partial charge in [-0.05, 0) is 0 Å². The minimum Gasteiger partial charge on any atom is -0.548 e. The number of carboxylic acid groups (broad SMARTS) is 2. The van der Waals surface area contributed by atoms with E-state index in [2.05, 4.69) is 21.3 Å². The average Bonchev–Trinajstić information content (AvgIpc) is 2.41. The topological polar surface area (TPSA) is 128 Å². The van der Waals surface area contributed by atoms with Crippen molar-refractivity contribution >= 4 is 11.9 Å². The first-order valence-corrected chi connectivity index (χ1v) is 5.91. The normalized spacial score (nSPS) is 26.3. The summed E-state index contributed by atoms with van der Waals surface area (Å²) in [4.78, 5) is 20.3. The Morgan fingerprint density at radius 3 is 1.32 bits per heavy atom. The summed E-state index contributed by atoms with van der Waals surface area (Å²) in [6.45, 7) is 4.04. The van der Waals surface area contributed by atoms with Crippen LogP contribution in [0.15, 0.2) is 0 Å². The fraction of sp³-hybridized carbons (Fsp3) is 0.800. The van der Waals surface area contributed by atoms with Crippen LogP contribution in [-0.2, 0) is 26.7 Å². The summed E-state index contributed by atoms with van der Waals surface area (Å²) in [5, 5.41) is 31.7. The van der Waals surface area contributed by atoms with Gasteiger partial charge in [0.1, 0.15) is 0 Å². The molecule has 2 fully saturated rings. The molecule has 1 radical (unpaired) electrons. The van der Waals surface area contributed by atoms with E-state index in [0.29, 0.717) is 26.2 Å². The van der Waals surface area contributed by atoms with Crippen LogP contribution in [0, 0.1) is 0 Å². The van der Waals surface area contributed by atoms with Crippen molar-refractivity contribution in [2.45, 2.75) is 12.1 Å². The van der Waals surface area contributed by atoms with E-state index in [1.807, 2.05) is 0 Å². The maximum absolute atomic E-state index is 10.1. The van der Waals surface area contributed by atoms with E-state index in [1.165, 1.54) is 0 Å². The Bertz CT molecular complexity index is 253. The van der Waals surface area contributed by atoms with Crippen LogP contribution in [0.3, 0.4) is 0 Å². The van der Waals surface area contributed by atoms with Gasteiger partial charge < -0.3 is 41.1 Å². The first-order chi connectivity index (χ1) is 8.61. The molecule has 2 rings (SSSR count). The molecule has 0 unspecified atom stereocenters. The molecule has 0 saturated carbocycles. The van der Waals surface area contributed by atoms with Gasteiger partial charge in [0.15, 0.2) is 0 Å². The monoisotopic (exact) mass is 321 g/mol. The molecule has 2 saturated heterocycles. The Kier molecular flexibility index (Phi) is 9.76. The summed E-state index contributed by atoms with van der Waals surface area (Å²) in [5.74, 6) is -2.05. The van der Waals surface area contributed by atoms with Crippen molar-refractivity contribution in [2.24, 2.45) is 0 Å². The fourth-order valence-electron chi connectivity index (χ4n) is 1.64.